The maximum absolute atomic E-state index is 13.8. The summed E-state index contributed by atoms with van der Waals surface area (Å²) < 4.78 is 19.0. The predicted molar refractivity (Wildman–Crippen MR) is 85.8 cm³/mol. The third-order valence-corrected chi connectivity index (χ3v) is 4.10. The van der Waals surface area contributed by atoms with Crippen molar-refractivity contribution in [3.8, 4) is 11.5 Å². The van der Waals surface area contributed by atoms with E-state index >= 15 is 0 Å². The van der Waals surface area contributed by atoms with Crippen LogP contribution < -0.4 is 4.90 Å². The van der Waals surface area contributed by atoms with E-state index in [9.17, 15) is 9.18 Å². The summed E-state index contributed by atoms with van der Waals surface area (Å²) >= 11 is 0. The molecule has 0 saturated carbocycles. The molecule has 4 rings (SSSR count). The lowest BCUT2D eigenvalue weighted by Crippen LogP contribution is -2.24. The van der Waals surface area contributed by atoms with Gasteiger partial charge in [0.2, 0.25) is 5.91 Å². The van der Waals surface area contributed by atoms with Crippen LogP contribution in [0.3, 0.4) is 0 Å². The van der Waals surface area contributed by atoms with E-state index in [1.807, 2.05) is 30.3 Å². The largest absolute Gasteiger partial charge is 0.334 e. The Bertz CT molecular complexity index is 879. The van der Waals surface area contributed by atoms with E-state index in [1.165, 1.54) is 6.07 Å². The minimum Gasteiger partial charge on any atom is -0.334 e. The van der Waals surface area contributed by atoms with Crippen LogP contribution in [-0.2, 0) is 4.79 Å². The van der Waals surface area contributed by atoms with Crippen LogP contribution in [0.15, 0.2) is 59.1 Å². The SMILES string of the molecule is O=C1CC(c2noc(-c3ccccc3F)n2)CN1c1ccccc1. The van der Waals surface area contributed by atoms with Gasteiger partial charge in [-0.25, -0.2) is 4.39 Å². The van der Waals surface area contributed by atoms with Gasteiger partial charge in [0.1, 0.15) is 5.82 Å². The molecule has 3 aromatic rings. The number of carbonyl (C=O) groups is 1. The summed E-state index contributed by atoms with van der Waals surface area (Å²) in [6.07, 6.45) is 0.311. The molecule has 0 radical (unpaired) electrons. The molecule has 1 amide bonds. The number of carbonyl (C=O) groups excluding carboxylic acids is 1. The summed E-state index contributed by atoms with van der Waals surface area (Å²) in [7, 11) is 0. The smallest absolute Gasteiger partial charge is 0.260 e. The molecule has 0 N–H and O–H groups in total. The number of hydrogen-bond acceptors (Lipinski definition) is 4. The van der Waals surface area contributed by atoms with Crippen molar-refractivity contribution in [3.05, 3.63) is 66.2 Å². The summed E-state index contributed by atoms with van der Waals surface area (Å²) in [5, 5.41) is 3.95. The Hall–Kier alpha value is -3.02. The van der Waals surface area contributed by atoms with Gasteiger partial charge in [0.15, 0.2) is 5.82 Å². The Morgan fingerprint density at radius 2 is 1.83 bits per heavy atom. The van der Waals surface area contributed by atoms with E-state index in [0.29, 0.717) is 18.8 Å². The number of para-hydroxylation sites is 1. The number of nitrogens with zero attached hydrogens (tertiary/aromatic N) is 3. The molecule has 0 spiro atoms. The Balaban J connectivity index is 1.58. The Morgan fingerprint density at radius 1 is 1.08 bits per heavy atom. The van der Waals surface area contributed by atoms with Crippen molar-refractivity contribution < 1.29 is 13.7 Å². The molecular weight excluding hydrogens is 309 g/mol. The van der Waals surface area contributed by atoms with Crippen LogP contribution in [0.25, 0.3) is 11.5 Å². The van der Waals surface area contributed by atoms with Crippen molar-refractivity contribution in [1.29, 1.82) is 0 Å². The third-order valence-electron chi connectivity index (χ3n) is 4.10. The van der Waals surface area contributed by atoms with Crippen LogP contribution in [0.2, 0.25) is 0 Å². The van der Waals surface area contributed by atoms with Gasteiger partial charge < -0.3 is 9.42 Å². The molecule has 5 nitrogen and oxygen atoms in total. The van der Waals surface area contributed by atoms with E-state index in [4.69, 9.17) is 4.52 Å². The lowest BCUT2D eigenvalue weighted by atomic mass is 10.1. The molecule has 1 aromatic heterocycles. The van der Waals surface area contributed by atoms with Crippen LogP contribution >= 0.6 is 0 Å². The van der Waals surface area contributed by atoms with Crippen LogP contribution in [0.4, 0.5) is 10.1 Å². The third kappa shape index (κ3) is 2.56. The van der Waals surface area contributed by atoms with Gasteiger partial charge >= 0.3 is 0 Å². The van der Waals surface area contributed by atoms with Gasteiger partial charge in [0.25, 0.3) is 5.89 Å². The minimum atomic E-state index is -0.416. The van der Waals surface area contributed by atoms with Crippen LogP contribution in [0.5, 0.6) is 0 Å². The quantitative estimate of drug-likeness (QED) is 0.741. The molecule has 1 fully saturated rings. The van der Waals surface area contributed by atoms with Crippen molar-refractivity contribution in [2.75, 3.05) is 11.4 Å². The Morgan fingerprint density at radius 3 is 2.62 bits per heavy atom. The lowest BCUT2D eigenvalue weighted by Gasteiger charge is -2.15. The molecule has 1 aliphatic rings. The Labute approximate surface area is 137 Å². The normalized spacial score (nSPS) is 17.5. The number of benzene rings is 2. The topological polar surface area (TPSA) is 59.2 Å². The molecule has 1 atom stereocenters. The van der Waals surface area contributed by atoms with Crippen molar-refractivity contribution >= 4 is 11.6 Å². The first-order valence-corrected chi connectivity index (χ1v) is 7.66. The molecule has 24 heavy (non-hydrogen) atoms. The number of anilines is 1. The summed E-state index contributed by atoms with van der Waals surface area (Å²) in [6, 6.07) is 15.7. The van der Waals surface area contributed by atoms with E-state index in [0.717, 1.165) is 5.69 Å². The first kappa shape index (κ1) is 14.6. The maximum Gasteiger partial charge on any atom is 0.260 e. The minimum absolute atomic E-state index is 0.0171. The highest BCUT2D eigenvalue weighted by atomic mass is 19.1. The van der Waals surface area contributed by atoms with Crippen LogP contribution in [0.1, 0.15) is 18.2 Å². The highest BCUT2D eigenvalue weighted by molar-refractivity contribution is 5.96. The fourth-order valence-electron chi connectivity index (χ4n) is 2.88. The average Bonchev–Trinajstić information content (AvgIpc) is 3.23. The first-order valence-electron chi connectivity index (χ1n) is 7.66. The maximum atomic E-state index is 13.8. The van der Waals surface area contributed by atoms with Crippen molar-refractivity contribution in [2.24, 2.45) is 0 Å². The van der Waals surface area contributed by atoms with Gasteiger partial charge in [0.05, 0.1) is 5.56 Å². The van der Waals surface area contributed by atoms with E-state index in [-0.39, 0.29) is 23.3 Å². The molecule has 1 saturated heterocycles. The van der Waals surface area contributed by atoms with E-state index in [1.54, 1.807) is 23.1 Å². The zero-order valence-electron chi connectivity index (χ0n) is 12.7. The molecule has 1 unspecified atom stereocenters. The van der Waals surface area contributed by atoms with Gasteiger partial charge in [-0.3, -0.25) is 4.79 Å². The van der Waals surface area contributed by atoms with Gasteiger partial charge in [-0.05, 0) is 24.3 Å². The van der Waals surface area contributed by atoms with Gasteiger partial charge in [0, 0.05) is 24.6 Å². The first-order chi connectivity index (χ1) is 11.7. The number of halogens is 1. The summed E-state index contributed by atoms with van der Waals surface area (Å²) in [5.74, 6) is 0.000256. The van der Waals surface area contributed by atoms with E-state index in [2.05, 4.69) is 10.1 Å². The molecule has 0 aliphatic carbocycles. The molecule has 2 heterocycles. The molecule has 6 heteroatoms. The molecular formula is C18H14FN3O2. The van der Waals surface area contributed by atoms with E-state index < -0.39 is 5.82 Å². The summed E-state index contributed by atoms with van der Waals surface area (Å²) in [4.78, 5) is 18.3. The van der Waals surface area contributed by atoms with Gasteiger partial charge in [-0.2, -0.15) is 4.98 Å². The Kier molecular flexibility index (Phi) is 3.57. The van der Waals surface area contributed by atoms with Gasteiger partial charge in [-0.15, -0.1) is 0 Å². The number of rotatable bonds is 3. The molecule has 2 aromatic carbocycles. The predicted octanol–water partition coefficient (Wildman–Crippen LogP) is 3.40. The molecule has 120 valence electrons. The second-order valence-electron chi connectivity index (χ2n) is 5.68. The van der Waals surface area contributed by atoms with Crippen molar-refractivity contribution in [3.63, 3.8) is 0 Å². The fraction of sp³-hybridized carbons (Fsp3) is 0.167. The number of amides is 1. The zero-order chi connectivity index (χ0) is 16.5. The molecule has 1 aliphatic heterocycles. The monoisotopic (exact) mass is 323 g/mol. The zero-order valence-corrected chi connectivity index (χ0v) is 12.7. The average molecular weight is 323 g/mol. The standard InChI is InChI=1S/C18H14FN3O2/c19-15-9-5-4-8-14(15)18-20-17(21-24-18)12-10-16(23)22(11-12)13-6-2-1-3-7-13/h1-9,12H,10-11H2. The van der Waals surface area contributed by atoms with Crippen LogP contribution in [-0.4, -0.2) is 22.6 Å². The van der Waals surface area contributed by atoms with Crippen molar-refractivity contribution in [1.82, 2.24) is 10.1 Å². The lowest BCUT2D eigenvalue weighted by molar-refractivity contribution is -0.117. The number of hydrogen-bond donors (Lipinski definition) is 0. The molecule has 0 bridgehead atoms. The van der Waals surface area contributed by atoms with Crippen molar-refractivity contribution in [2.45, 2.75) is 12.3 Å². The highest BCUT2D eigenvalue weighted by Gasteiger charge is 2.34. The summed E-state index contributed by atoms with van der Waals surface area (Å²) in [5.41, 5.74) is 1.11. The second kappa shape index (κ2) is 5.88. The highest BCUT2D eigenvalue weighted by Crippen LogP contribution is 2.31. The van der Waals surface area contributed by atoms with Crippen LogP contribution in [0, 0.1) is 5.82 Å². The number of aromatic nitrogens is 2. The second-order valence-corrected chi connectivity index (χ2v) is 5.68. The summed E-state index contributed by atoms with van der Waals surface area (Å²) in [6.45, 7) is 0.485. The fourth-order valence-corrected chi connectivity index (χ4v) is 2.88. The van der Waals surface area contributed by atoms with Gasteiger partial charge in [-0.1, -0.05) is 35.5 Å².